The Morgan fingerprint density at radius 3 is 2.52 bits per heavy atom. The van der Waals surface area contributed by atoms with Crippen molar-refractivity contribution in [3.63, 3.8) is 0 Å². The Morgan fingerprint density at radius 1 is 1.17 bits per heavy atom. The molecule has 4 nitrogen and oxygen atoms in total. The van der Waals surface area contributed by atoms with Gasteiger partial charge in [0.2, 0.25) is 0 Å². The molecule has 0 saturated heterocycles. The molecule has 2 rings (SSSR count). The van der Waals surface area contributed by atoms with Crippen LogP contribution < -0.4 is 15.8 Å². The smallest absolute Gasteiger partial charge is 0.387 e. The summed E-state index contributed by atoms with van der Waals surface area (Å²) in [6.07, 6.45) is 0. The molecule has 122 valence electrons. The maximum absolute atomic E-state index is 12.2. The number of hydrogen-bond donors (Lipinski definition) is 2. The van der Waals surface area contributed by atoms with Crippen LogP contribution in [0, 0.1) is 13.8 Å². The zero-order chi connectivity index (χ0) is 16.8. The van der Waals surface area contributed by atoms with E-state index in [0.717, 1.165) is 22.4 Å². The lowest BCUT2D eigenvalue weighted by Gasteiger charge is -2.08. The number of nitrogens with two attached hydrogens (primary N) is 1. The molecule has 0 saturated carbocycles. The summed E-state index contributed by atoms with van der Waals surface area (Å²) in [5.41, 5.74) is 9.69. The number of benzene rings is 2. The number of nitrogens with zero attached hydrogens (tertiary/aromatic N) is 1. The van der Waals surface area contributed by atoms with Crippen molar-refractivity contribution < 1.29 is 13.5 Å². The van der Waals surface area contributed by atoms with Crippen molar-refractivity contribution in [2.45, 2.75) is 27.0 Å². The normalized spacial score (nSPS) is 11.6. The van der Waals surface area contributed by atoms with Gasteiger partial charge in [-0.25, -0.2) is 4.99 Å². The number of aryl methyl sites for hydroxylation is 2. The van der Waals surface area contributed by atoms with Crippen molar-refractivity contribution in [3.05, 3.63) is 59.2 Å². The summed E-state index contributed by atoms with van der Waals surface area (Å²) >= 11 is 0. The van der Waals surface area contributed by atoms with E-state index in [1.165, 1.54) is 12.1 Å². The van der Waals surface area contributed by atoms with Crippen molar-refractivity contribution in [1.82, 2.24) is 0 Å². The first-order valence-corrected chi connectivity index (χ1v) is 7.11. The quantitative estimate of drug-likeness (QED) is 0.650. The first kappa shape index (κ1) is 16.7. The maximum Gasteiger partial charge on any atom is 0.387 e. The van der Waals surface area contributed by atoms with Crippen LogP contribution in [0.2, 0.25) is 0 Å². The Morgan fingerprint density at radius 2 is 1.87 bits per heavy atom. The van der Waals surface area contributed by atoms with Crippen molar-refractivity contribution >= 4 is 11.6 Å². The molecular formula is C17H19F2N3O. The van der Waals surface area contributed by atoms with Crippen LogP contribution in [0.5, 0.6) is 5.75 Å². The van der Waals surface area contributed by atoms with E-state index in [-0.39, 0.29) is 18.3 Å². The second kappa shape index (κ2) is 7.58. The zero-order valence-corrected chi connectivity index (χ0v) is 13.0. The van der Waals surface area contributed by atoms with Crippen LogP contribution in [-0.4, -0.2) is 12.6 Å². The van der Waals surface area contributed by atoms with Crippen molar-refractivity contribution in [1.29, 1.82) is 0 Å². The molecule has 0 atom stereocenters. The number of nitrogens with one attached hydrogen (secondary N) is 1. The number of rotatable bonds is 5. The van der Waals surface area contributed by atoms with Gasteiger partial charge in [-0.05, 0) is 54.8 Å². The van der Waals surface area contributed by atoms with Crippen LogP contribution in [0.3, 0.4) is 0 Å². The summed E-state index contributed by atoms with van der Waals surface area (Å²) < 4.78 is 28.7. The summed E-state index contributed by atoms with van der Waals surface area (Å²) in [6, 6.07) is 12.4. The molecule has 0 radical (unpaired) electrons. The molecule has 6 heteroatoms. The fraction of sp³-hybridized carbons (Fsp3) is 0.235. The fourth-order valence-electron chi connectivity index (χ4n) is 2.23. The number of aliphatic imine (C=N–C) groups is 1. The minimum atomic E-state index is -2.84. The van der Waals surface area contributed by atoms with Gasteiger partial charge in [0.15, 0.2) is 5.96 Å². The molecule has 0 amide bonds. The summed E-state index contributed by atoms with van der Waals surface area (Å²) in [5, 5.41) is 3.02. The minimum absolute atomic E-state index is 0.105. The van der Waals surface area contributed by atoms with Gasteiger partial charge in [0.25, 0.3) is 0 Å². The van der Waals surface area contributed by atoms with Crippen molar-refractivity contribution in [3.8, 4) is 5.75 Å². The van der Waals surface area contributed by atoms with Gasteiger partial charge in [-0.3, -0.25) is 0 Å². The molecule has 2 aromatic rings. The van der Waals surface area contributed by atoms with Gasteiger partial charge in [-0.2, -0.15) is 8.78 Å². The number of guanidine groups is 1. The molecule has 2 aromatic carbocycles. The highest BCUT2D eigenvalue weighted by Gasteiger charge is 2.04. The Balaban J connectivity index is 2.01. The Labute approximate surface area is 134 Å². The van der Waals surface area contributed by atoms with Crippen LogP contribution in [0.25, 0.3) is 0 Å². The van der Waals surface area contributed by atoms with Crippen LogP contribution in [0.4, 0.5) is 14.5 Å². The molecule has 0 unspecified atom stereocenters. The van der Waals surface area contributed by atoms with Gasteiger partial charge in [0.1, 0.15) is 5.75 Å². The van der Waals surface area contributed by atoms with Crippen LogP contribution >= 0.6 is 0 Å². The number of alkyl halides is 2. The highest BCUT2D eigenvalue weighted by atomic mass is 19.3. The SMILES string of the molecule is Cc1cc(C)cc(NC(N)=NCc2cccc(OC(F)F)c2)c1. The topological polar surface area (TPSA) is 59.6 Å². The van der Waals surface area contributed by atoms with Crippen molar-refractivity contribution in [2.75, 3.05) is 5.32 Å². The lowest BCUT2D eigenvalue weighted by atomic mass is 10.1. The zero-order valence-electron chi connectivity index (χ0n) is 13.0. The molecule has 0 spiro atoms. The van der Waals surface area contributed by atoms with E-state index < -0.39 is 6.61 Å². The number of ether oxygens (including phenoxy) is 1. The van der Waals surface area contributed by atoms with Crippen LogP contribution in [0.15, 0.2) is 47.5 Å². The van der Waals surface area contributed by atoms with E-state index in [1.54, 1.807) is 12.1 Å². The summed E-state index contributed by atoms with van der Waals surface area (Å²) in [5.74, 6) is 0.365. The van der Waals surface area contributed by atoms with Gasteiger partial charge in [-0.15, -0.1) is 0 Å². The number of hydrogen-bond acceptors (Lipinski definition) is 2. The Kier molecular flexibility index (Phi) is 5.51. The second-order valence-corrected chi connectivity index (χ2v) is 5.23. The minimum Gasteiger partial charge on any atom is -0.435 e. The van der Waals surface area contributed by atoms with E-state index in [9.17, 15) is 8.78 Å². The first-order valence-electron chi connectivity index (χ1n) is 7.11. The molecule has 0 aliphatic rings. The van der Waals surface area contributed by atoms with Gasteiger partial charge in [-0.1, -0.05) is 18.2 Å². The molecule has 0 aliphatic heterocycles. The van der Waals surface area contributed by atoms with Crippen LogP contribution in [-0.2, 0) is 6.54 Å². The molecule has 0 fully saturated rings. The lowest BCUT2D eigenvalue weighted by molar-refractivity contribution is -0.0498. The third-order valence-electron chi connectivity index (χ3n) is 3.05. The average molecular weight is 319 g/mol. The fourth-order valence-corrected chi connectivity index (χ4v) is 2.23. The third-order valence-corrected chi connectivity index (χ3v) is 3.05. The van der Waals surface area contributed by atoms with E-state index in [4.69, 9.17) is 5.73 Å². The maximum atomic E-state index is 12.2. The monoisotopic (exact) mass is 319 g/mol. The third kappa shape index (κ3) is 5.58. The standard InChI is InChI=1S/C17H19F2N3O/c1-11-6-12(2)8-14(7-11)22-17(20)21-10-13-4-3-5-15(9-13)23-16(18)19/h3-9,16H,10H2,1-2H3,(H3,20,21,22). The predicted molar refractivity (Wildman–Crippen MR) is 87.9 cm³/mol. The van der Waals surface area contributed by atoms with Gasteiger partial charge in [0.05, 0.1) is 6.54 Å². The highest BCUT2D eigenvalue weighted by Crippen LogP contribution is 2.17. The molecular weight excluding hydrogens is 300 g/mol. The number of halogens is 2. The summed E-state index contributed by atoms with van der Waals surface area (Å²) in [7, 11) is 0. The number of anilines is 1. The van der Waals surface area contributed by atoms with E-state index >= 15 is 0 Å². The molecule has 0 heterocycles. The summed E-state index contributed by atoms with van der Waals surface area (Å²) in [4.78, 5) is 4.21. The Bertz CT molecular complexity index is 682. The van der Waals surface area contributed by atoms with E-state index in [0.29, 0.717) is 0 Å². The lowest BCUT2D eigenvalue weighted by Crippen LogP contribution is -2.22. The van der Waals surface area contributed by atoms with Gasteiger partial charge in [0, 0.05) is 5.69 Å². The first-order chi connectivity index (χ1) is 10.9. The Hall–Kier alpha value is -2.63. The average Bonchev–Trinajstić information content (AvgIpc) is 2.43. The van der Waals surface area contributed by atoms with E-state index in [2.05, 4.69) is 21.1 Å². The molecule has 3 N–H and O–H groups in total. The molecule has 0 aliphatic carbocycles. The van der Waals surface area contributed by atoms with E-state index in [1.807, 2.05) is 26.0 Å². The van der Waals surface area contributed by atoms with Gasteiger partial charge < -0.3 is 15.8 Å². The second-order valence-electron chi connectivity index (χ2n) is 5.23. The summed E-state index contributed by atoms with van der Waals surface area (Å²) in [6.45, 7) is 1.43. The molecule has 0 bridgehead atoms. The predicted octanol–water partition coefficient (Wildman–Crippen LogP) is 3.83. The van der Waals surface area contributed by atoms with Gasteiger partial charge >= 0.3 is 6.61 Å². The highest BCUT2D eigenvalue weighted by molar-refractivity contribution is 5.92. The van der Waals surface area contributed by atoms with Crippen molar-refractivity contribution in [2.24, 2.45) is 10.7 Å². The molecule has 0 aromatic heterocycles. The largest absolute Gasteiger partial charge is 0.435 e. The molecule has 23 heavy (non-hydrogen) atoms. The van der Waals surface area contributed by atoms with Crippen LogP contribution in [0.1, 0.15) is 16.7 Å².